The van der Waals surface area contributed by atoms with Crippen LogP contribution in [0.1, 0.15) is 24.2 Å². The van der Waals surface area contributed by atoms with E-state index in [-0.39, 0.29) is 17.6 Å². The fraction of sp³-hybridized carbons (Fsp3) is 0.263. The molecule has 0 aliphatic rings. The Balaban J connectivity index is 1.51. The number of hydrogen-bond acceptors (Lipinski definition) is 6. The molecular formula is C19H21N5O2S2. The fourth-order valence-electron chi connectivity index (χ4n) is 2.55. The molecule has 0 unspecified atom stereocenters. The van der Waals surface area contributed by atoms with Crippen molar-refractivity contribution >= 4 is 40.6 Å². The predicted molar refractivity (Wildman–Crippen MR) is 113 cm³/mol. The van der Waals surface area contributed by atoms with Gasteiger partial charge in [0.2, 0.25) is 11.1 Å². The third kappa shape index (κ3) is 4.99. The van der Waals surface area contributed by atoms with Crippen molar-refractivity contribution in [3.8, 4) is 10.7 Å². The second-order valence-electron chi connectivity index (χ2n) is 5.84. The van der Waals surface area contributed by atoms with Gasteiger partial charge in [-0.2, -0.15) is 0 Å². The van der Waals surface area contributed by atoms with Crippen LogP contribution in [0.25, 0.3) is 10.7 Å². The summed E-state index contributed by atoms with van der Waals surface area (Å²) in [5.74, 6) is 0.730. The number of hydrogen-bond donors (Lipinski definition) is 2. The zero-order valence-electron chi connectivity index (χ0n) is 15.6. The first kappa shape index (κ1) is 20.1. The topological polar surface area (TPSA) is 91.0 Å². The quantitative estimate of drug-likeness (QED) is 0.547. The molecule has 3 aromatic rings. The third-order valence-electron chi connectivity index (χ3n) is 4.02. The van der Waals surface area contributed by atoms with E-state index in [1.165, 1.54) is 11.8 Å². The van der Waals surface area contributed by atoms with Crippen LogP contribution in [0.15, 0.2) is 46.9 Å². The van der Waals surface area contributed by atoms with Gasteiger partial charge in [-0.15, -0.1) is 16.4 Å². The number of anilines is 1. The highest BCUT2D eigenvalue weighted by Crippen LogP contribution is 2.23. The predicted octanol–water partition coefficient (Wildman–Crippen LogP) is 3.75. The Morgan fingerprint density at radius 1 is 1.18 bits per heavy atom. The smallest absolute Gasteiger partial charge is 0.253 e. The number of aromatic amines is 1. The number of H-pyrrole nitrogens is 1. The Labute approximate surface area is 171 Å². The summed E-state index contributed by atoms with van der Waals surface area (Å²) in [6, 6.07) is 10.8. The summed E-state index contributed by atoms with van der Waals surface area (Å²) < 4.78 is 0. The van der Waals surface area contributed by atoms with E-state index in [0.29, 0.717) is 35.3 Å². The van der Waals surface area contributed by atoms with E-state index < -0.39 is 0 Å². The Hall–Kier alpha value is -2.65. The Kier molecular flexibility index (Phi) is 6.83. The molecule has 0 saturated carbocycles. The summed E-state index contributed by atoms with van der Waals surface area (Å²) in [6.07, 6.45) is 0. The maximum atomic E-state index is 12.3. The average Bonchev–Trinajstić information content (AvgIpc) is 3.39. The van der Waals surface area contributed by atoms with E-state index >= 15 is 0 Å². The van der Waals surface area contributed by atoms with Crippen LogP contribution in [0.5, 0.6) is 0 Å². The Morgan fingerprint density at radius 2 is 1.93 bits per heavy atom. The monoisotopic (exact) mass is 415 g/mol. The second-order valence-corrected chi connectivity index (χ2v) is 7.73. The fourth-order valence-corrected chi connectivity index (χ4v) is 3.81. The molecule has 0 saturated heterocycles. The van der Waals surface area contributed by atoms with E-state index in [0.717, 1.165) is 4.88 Å². The van der Waals surface area contributed by atoms with Crippen LogP contribution in [0.3, 0.4) is 0 Å². The van der Waals surface area contributed by atoms with Crippen molar-refractivity contribution < 1.29 is 9.59 Å². The third-order valence-corrected chi connectivity index (χ3v) is 5.74. The molecular weight excluding hydrogens is 394 g/mol. The van der Waals surface area contributed by atoms with E-state index in [4.69, 9.17) is 0 Å². The molecule has 0 radical (unpaired) electrons. The largest absolute Gasteiger partial charge is 0.339 e. The maximum Gasteiger partial charge on any atom is 0.253 e. The van der Waals surface area contributed by atoms with Crippen LogP contribution < -0.4 is 5.32 Å². The molecule has 0 bridgehead atoms. The maximum absolute atomic E-state index is 12.3. The molecule has 2 amide bonds. The standard InChI is InChI=1S/C19H21N5O2S2/c1-3-24(4-2)18(26)13-7-9-14(10-8-13)20-16(25)12-28-19-21-17(22-23-19)15-6-5-11-27-15/h5-11H,3-4,12H2,1-2H3,(H,20,25)(H,21,22,23). The van der Waals surface area contributed by atoms with Crippen molar-refractivity contribution in [1.29, 1.82) is 0 Å². The Bertz CT molecular complexity index is 918. The average molecular weight is 416 g/mol. The summed E-state index contributed by atoms with van der Waals surface area (Å²) in [7, 11) is 0. The zero-order valence-corrected chi connectivity index (χ0v) is 17.3. The lowest BCUT2D eigenvalue weighted by Crippen LogP contribution is -2.30. The van der Waals surface area contributed by atoms with Crippen LogP contribution in [0.4, 0.5) is 5.69 Å². The lowest BCUT2D eigenvalue weighted by Gasteiger charge is -2.18. The van der Waals surface area contributed by atoms with Crippen LogP contribution in [0, 0.1) is 0 Å². The number of rotatable bonds is 8. The molecule has 0 atom stereocenters. The van der Waals surface area contributed by atoms with Gasteiger partial charge in [0.15, 0.2) is 5.82 Å². The summed E-state index contributed by atoms with van der Waals surface area (Å²) in [5, 5.41) is 12.3. The van der Waals surface area contributed by atoms with Crippen LogP contribution in [0.2, 0.25) is 0 Å². The van der Waals surface area contributed by atoms with Crippen LogP contribution in [-0.2, 0) is 4.79 Å². The first-order chi connectivity index (χ1) is 13.6. The number of thioether (sulfide) groups is 1. The molecule has 0 fully saturated rings. The lowest BCUT2D eigenvalue weighted by molar-refractivity contribution is -0.113. The normalized spacial score (nSPS) is 10.6. The molecule has 0 aliphatic carbocycles. The molecule has 7 nitrogen and oxygen atoms in total. The Morgan fingerprint density at radius 3 is 2.57 bits per heavy atom. The molecule has 2 heterocycles. The van der Waals surface area contributed by atoms with Crippen molar-refractivity contribution in [2.45, 2.75) is 19.0 Å². The summed E-state index contributed by atoms with van der Waals surface area (Å²) in [4.78, 5) is 31.6. The zero-order chi connectivity index (χ0) is 19.9. The number of amides is 2. The van der Waals surface area contributed by atoms with Gasteiger partial charge >= 0.3 is 0 Å². The number of nitrogens with zero attached hydrogens (tertiary/aromatic N) is 3. The first-order valence-electron chi connectivity index (χ1n) is 8.89. The number of benzene rings is 1. The SMILES string of the molecule is CCN(CC)C(=O)c1ccc(NC(=O)CSc2n[nH]c(-c3cccs3)n2)cc1. The first-order valence-corrected chi connectivity index (χ1v) is 10.8. The van der Waals surface area contributed by atoms with Gasteiger partial charge in [-0.1, -0.05) is 17.8 Å². The van der Waals surface area contributed by atoms with Gasteiger partial charge in [-0.25, -0.2) is 4.98 Å². The summed E-state index contributed by atoms with van der Waals surface area (Å²) in [6.45, 7) is 5.23. The van der Waals surface area contributed by atoms with Crippen molar-refractivity contribution in [3.05, 3.63) is 47.3 Å². The second kappa shape index (κ2) is 9.52. The number of nitrogens with one attached hydrogen (secondary N) is 2. The molecule has 3 rings (SSSR count). The highest BCUT2D eigenvalue weighted by atomic mass is 32.2. The van der Waals surface area contributed by atoms with Crippen molar-refractivity contribution in [3.63, 3.8) is 0 Å². The number of carbonyl (C=O) groups is 2. The van der Waals surface area contributed by atoms with Gasteiger partial charge in [0.25, 0.3) is 5.91 Å². The number of thiophene rings is 1. The molecule has 0 aliphatic heterocycles. The van der Waals surface area contributed by atoms with Crippen molar-refractivity contribution in [2.24, 2.45) is 0 Å². The molecule has 1 aromatic carbocycles. The lowest BCUT2D eigenvalue weighted by atomic mass is 10.2. The summed E-state index contributed by atoms with van der Waals surface area (Å²) in [5.41, 5.74) is 1.26. The molecule has 146 valence electrons. The highest BCUT2D eigenvalue weighted by Gasteiger charge is 2.13. The molecule has 0 spiro atoms. The van der Waals surface area contributed by atoms with Gasteiger partial charge in [-0.05, 0) is 49.6 Å². The van der Waals surface area contributed by atoms with Crippen LogP contribution >= 0.6 is 23.1 Å². The molecule has 28 heavy (non-hydrogen) atoms. The number of carbonyl (C=O) groups excluding carboxylic acids is 2. The minimum absolute atomic E-state index is 0.00964. The van der Waals surface area contributed by atoms with Crippen molar-refractivity contribution in [1.82, 2.24) is 20.1 Å². The van der Waals surface area contributed by atoms with E-state index in [9.17, 15) is 9.59 Å². The van der Waals surface area contributed by atoms with Gasteiger partial charge in [0.05, 0.1) is 10.6 Å². The van der Waals surface area contributed by atoms with E-state index in [1.54, 1.807) is 40.5 Å². The molecule has 9 heteroatoms. The van der Waals surface area contributed by atoms with Crippen molar-refractivity contribution in [2.75, 3.05) is 24.2 Å². The van der Waals surface area contributed by atoms with Gasteiger partial charge in [0, 0.05) is 24.3 Å². The molecule has 2 N–H and O–H groups in total. The van der Waals surface area contributed by atoms with E-state index in [1.807, 2.05) is 31.4 Å². The van der Waals surface area contributed by atoms with Gasteiger partial charge < -0.3 is 10.2 Å². The number of aromatic nitrogens is 3. The van der Waals surface area contributed by atoms with Crippen LogP contribution in [-0.4, -0.2) is 50.7 Å². The molecule has 2 aromatic heterocycles. The highest BCUT2D eigenvalue weighted by molar-refractivity contribution is 7.99. The van der Waals surface area contributed by atoms with E-state index in [2.05, 4.69) is 20.5 Å². The minimum Gasteiger partial charge on any atom is -0.339 e. The van der Waals surface area contributed by atoms with Gasteiger partial charge in [0.1, 0.15) is 0 Å². The van der Waals surface area contributed by atoms with Gasteiger partial charge in [-0.3, -0.25) is 14.7 Å². The summed E-state index contributed by atoms with van der Waals surface area (Å²) >= 11 is 2.84. The minimum atomic E-state index is -0.157.